The van der Waals surface area contributed by atoms with Gasteiger partial charge in [-0.2, -0.15) is 4.31 Å². The molecule has 0 saturated carbocycles. The first kappa shape index (κ1) is 14.3. The lowest BCUT2D eigenvalue weighted by Crippen LogP contribution is -2.50. The average molecular weight is 315 g/mol. The van der Waals surface area contributed by atoms with Gasteiger partial charge in [0.2, 0.25) is 10.0 Å². The van der Waals surface area contributed by atoms with E-state index in [9.17, 15) is 8.42 Å². The van der Waals surface area contributed by atoms with E-state index in [1.54, 1.807) is 22.5 Å². The van der Waals surface area contributed by atoms with Gasteiger partial charge in [0.15, 0.2) is 0 Å². The van der Waals surface area contributed by atoms with Crippen molar-refractivity contribution in [1.29, 1.82) is 0 Å². The Bertz CT molecular complexity index is 618. The topological polar surface area (TPSA) is 63.4 Å². The van der Waals surface area contributed by atoms with Gasteiger partial charge in [-0.05, 0) is 50.3 Å². The fraction of sp³-hybridized carbons (Fsp3) is 0.571. The van der Waals surface area contributed by atoms with Crippen LogP contribution in [0.2, 0.25) is 5.02 Å². The maximum absolute atomic E-state index is 12.9. The van der Waals surface area contributed by atoms with Crippen molar-refractivity contribution in [2.45, 2.75) is 55.6 Å². The third-order valence-electron chi connectivity index (χ3n) is 4.35. The smallest absolute Gasteiger partial charge is 0.245 e. The molecule has 2 unspecified atom stereocenters. The van der Waals surface area contributed by atoms with E-state index in [2.05, 4.69) is 0 Å². The van der Waals surface area contributed by atoms with Crippen LogP contribution in [0.4, 0.5) is 0 Å². The zero-order valence-electron chi connectivity index (χ0n) is 11.4. The van der Waals surface area contributed by atoms with Gasteiger partial charge in [-0.1, -0.05) is 17.7 Å². The van der Waals surface area contributed by atoms with Crippen LogP contribution in [-0.4, -0.2) is 30.8 Å². The van der Waals surface area contributed by atoms with Crippen molar-refractivity contribution < 1.29 is 8.42 Å². The normalized spacial score (nSPS) is 30.6. The van der Waals surface area contributed by atoms with E-state index in [1.165, 1.54) is 0 Å². The van der Waals surface area contributed by atoms with Gasteiger partial charge in [0.1, 0.15) is 4.90 Å². The van der Waals surface area contributed by atoms with Crippen molar-refractivity contribution in [3.63, 3.8) is 0 Å². The molecule has 2 saturated heterocycles. The predicted molar refractivity (Wildman–Crippen MR) is 79.2 cm³/mol. The van der Waals surface area contributed by atoms with Crippen molar-refractivity contribution in [2.24, 2.45) is 5.73 Å². The summed E-state index contributed by atoms with van der Waals surface area (Å²) in [5.74, 6) is 0. The van der Waals surface area contributed by atoms with Gasteiger partial charge in [-0.3, -0.25) is 0 Å². The highest BCUT2D eigenvalue weighted by Gasteiger charge is 2.46. The molecule has 0 spiro atoms. The first-order chi connectivity index (χ1) is 9.39. The lowest BCUT2D eigenvalue weighted by Gasteiger charge is -2.36. The zero-order chi connectivity index (χ0) is 14.5. The van der Waals surface area contributed by atoms with Gasteiger partial charge >= 0.3 is 0 Å². The molecule has 6 heteroatoms. The van der Waals surface area contributed by atoms with Crippen LogP contribution in [-0.2, 0) is 10.0 Å². The number of benzene rings is 1. The highest BCUT2D eigenvalue weighted by molar-refractivity contribution is 7.89. The Morgan fingerprint density at radius 2 is 1.85 bits per heavy atom. The summed E-state index contributed by atoms with van der Waals surface area (Å²) in [5.41, 5.74) is 6.96. The van der Waals surface area contributed by atoms with Crippen molar-refractivity contribution in [1.82, 2.24) is 4.31 Å². The lowest BCUT2D eigenvalue weighted by atomic mass is 10.0. The Balaban J connectivity index is 2.01. The van der Waals surface area contributed by atoms with E-state index < -0.39 is 10.0 Å². The molecule has 3 rings (SSSR count). The van der Waals surface area contributed by atoms with Crippen LogP contribution in [0.15, 0.2) is 23.1 Å². The summed E-state index contributed by atoms with van der Waals surface area (Å²) in [6, 6.07) is 5.29. The number of hydrogen-bond donors (Lipinski definition) is 1. The number of nitrogens with two attached hydrogens (primary N) is 1. The predicted octanol–water partition coefficient (Wildman–Crippen LogP) is 2.29. The van der Waals surface area contributed by atoms with Crippen LogP contribution in [0.5, 0.6) is 0 Å². The monoisotopic (exact) mass is 314 g/mol. The van der Waals surface area contributed by atoms with E-state index in [1.807, 2.05) is 6.92 Å². The Morgan fingerprint density at radius 1 is 1.25 bits per heavy atom. The van der Waals surface area contributed by atoms with Crippen LogP contribution < -0.4 is 5.73 Å². The standard InChI is InChI=1S/C14H19ClN2O2S/c1-9-2-5-14(13(15)6-9)20(18,19)17-11-3-4-12(17)8-10(16)7-11/h2,5-6,10-12H,3-4,7-8,16H2,1H3. The number of aryl methyl sites for hydroxylation is 1. The van der Waals surface area contributed by atoms with Crippen molar-refractivity contribution in [3.8, 4) is 0 Å². The molecule has 0 aliphatic carbocycles. The molecule has 2 heterocycles. The summed E-state index contributed by atoms with van der Waals surface area (Å²) in [5, 5.41) is 0.305. The maximum Gasteiger partial charge on any atom is 0.245 e. The van der Waals surface area contributed by atoms with Crippen LogP contribution in [0.25, 0.3) is 0 Å². The van der Waals surface area contributed by atoms with Crippen LogP contribution in [0.3, 0.4) is 0 Å². The summed E-state index contributed by atoms with van der Waals surface area (Å²) in [6.07, 6.45) is 3.31. The molecule has 2 fully saturated rings. The van der Waals surface area contributed by atoms with Crippen LogP contribution >= 0.6 is 11.6 Å². The molecule has 1 aromatic carbocycles. The van der Waals surface area contributed by atoms with E-state index >= 15 is 0 Å². The number of piperidine rings is 1. The fourth-order valence-electron chi connectivity index (χ4n) is 3.50. The number of hydrogen-bond acceptors (Lipinski definition) is 3. The molecule has 2 aliphatic rings. The second-order valence-corrected chi connectivity index (χ2v) is 8.10. The summed E-state index contributed by atoms with van der Waals surface area (Å²) < 4.78 is 27.4. The first-order valence-corrected chi connectivity index (χ1v) is 8.76. The van der Waals surface area contributed by atoms with Gasteiger partial charge in [0, 0.05) is 18.1 Å². The minimum Gasteiger partial charge on any atom is -0.328 e. The number of sulfonamides is 1. The lowest BCUT2D eigenvalue weighted by molar-refractivity contribution is 0.227. The number of rotatable bonds is 2. The van der Waals surface area contributed by atoms with Crippen LogP contribution in [0.1, 0.15) is 31.2 Å². The first-order valence-electron chi connectivity index (χ1n) is 6.95. The Hall–Kier alpha value is -0.620. The van der Waals surface area contributed by atoms with E-state index in [4.69, 9.17) is 17.3 Å². The van der Waals surface area contributed by atoms with Crippen LogP contribution in [0, 0.1) is 6.92 Å². The Morgan fingerprint density at radius 3 is 2.40 bits per heavy atom. The van der Waals surface area contributed by atoms with Crippen molar-refractivity contribution >= 4 is 21.6 Å². The second-order valence-electron chi connectivity index (χ2n) is 5.89. The molecule has 2 N–H and O–H groups in total. The summed E-state index contributed by atoms with van der Waals surface area (Å²) in [6.45, 7) is 1.89. The summed E-state index contributed by atoms with van der Waals surface area (Å²) in [7, 11) is -3.52. The molecular formula is C14H19ClN2O2S. The molecule has 110 valence electrons. The number of fused-ring (bicyclic) bond motifs is 2. The number of nitrogens with zero attached hydrogens (tertiary/aromatic N) is 1. The molecule has 1 aromatic rings. The molecule has 0 amide bonds. The van der Waals surface area contributed by atoms with Gasteiger partial charge in [0.25, 0.3) is 0 Å². The minimum atomic E-state index is -3.52. The summed E-state index contributed by atoms with van der Waals surface area (Å²) in [4.78, 5) is 0.220. The third kappa shape index (κ3) is 2.26. The quantitative estimate of drug-likeness (QED) is 0.911. The van der Waals surface area contributed by atoms with Gasteiger partial charge in [0.05, 0.1) is 5.02 Å². The number of halogens is 1. The molecule has 4 nitrogen and oxygen atoms in total. The second kappa shape index (κ2) is 4.98. The average Bonchev–Trinajstić information content (AvgIpc) is 2.62. The minimum absolute atomic E-state index is 0.0334. The molecule has 2 atom stereocenters. The van der Waals surface area contributed by atoms with Crippen molar-refractivity contribution in [2.75, 3.05) is 0 Å². The molecule has 2 aliphatic heterocycles. The van der Waals surface area contributed by atoms with E-state index in [-0.39, 0.29) is 23.0 Å². The highest BCUT2D eigenvalue weighted by Crippen LogP contribution is 2.40. The molecule has 0 aromatic heterocycles. The fourth-order valence-corrected chi connectivity index (χ4v) is 5.97. The Kier molecular flexibility index (Phi) is 3.57. The summed E-state index contributed by atoms with van der Waals surface area (Å²) >= 11 is 6.15. The molecule has 2 bridgehead atoms. The van der Waals surface area contributed by atoms with E-state index in [0.29, 0.717) is 5.02 Å². The van der Waals surface area contributed by atoms with Gasteiger partial charge < -0.3 is 5.73 Å². The molecular weight excluding hydrogens is 296 g/mol. The van der Waals surface area contributed by atoms with Crippen molar-refractivity contribution in [3.05, 3.63) is 28.8 Å². The zero-order valence-corrected chi connectivity index (χ0v) is 13.0. The molecule has 20 heavy (non-hydrogen) atoms. The van der Waals surface area contributed by atoms with Gasteiger partial charge in [-0.15, -0.1) is 0 Å². The van der Waals surface area contributed by atoms with E-state index in [0.717, 1.165) is 31.2 Å². The maximum atomic E-state index is 12.9. The highest BCUT2D eigenvalue weighted by atomic mass is 35.5. The SMILES string of the molecule is Cc1ccc(S(=O)(=O)N2C3CCC2CC(N)C3)c(Cl)c1. The largest absolute Gasteiger partial charge is 0.328 e. The third-order valence-corrected chi connectivity index (χ3v) is 6.83. The molecule has 0 radical (unpaired) electrons. The van der Waals surface area contributed by atoms with Gasteiger partial charge in [-0.25, -0.2) is 8.42 Å². The Labute approximate surface area is 125 Å².